The first-order valence-corrected chi connectivity index (χ1v) is 16.0. The van der Waals surface area contributed by atoms with Crippen LogP contribution in [0.2, 0.25) is 18.1 Å². The van der Waals surface area contributed by atoms with Gasteiger partial charge in [0.2, 0.25) is 0 Å². The van der Waals surface area contributed by atoms with Gasteiger partial charge in [-0.25, -0.2) is 0 Å². The number of aliphatic hydroxyl groups excluding tert-OH is 1. The number of carbonyl (C=O) groups is 1. The molecule has 0 aromatic heterocycles. The van der Waals surface area contributed by atoms with Gasteiger partial charge < -0.3 is 9.53 Å². The van der Waals surface area contributed by atoms with Crippen LogP contribution in [0.4, 0.5) is 0 Å². The Balaban J connectivity index is 1.53. The van der Waals surface area contributed by atoms with E-state index in [1.165, 1.54) is 25.7 Å². The minimum absolute atomic E-state index is 0.111. The Bertz CT molecular complexity index is 712. The van der Waals surface area contributed by atoms with Gasteiger partial charge in [-0.05, 0) is 111 Å². The van der Waals surface area contributed by atoms with Crippen molar-refractivity contribution in [2.45, 2.75) is 123 Å². The van der Waals surface area contributed by atoms with Crippen LogP contribution in [0.3, 0.4) is 0 Å². The number of aliphatic hydroxyl groups is 1. The van der Waals surface area contributed by atoms with Crippen LogP contribution in [0.25, 0.3) is 0 Å². The van der Waals surface area contributed by atoms with E-state index in [0.717, 1.165) is 25.7 Å². The fourth-order valence-electron chi connectivity index (χ4n) is 8.55. The molecule has 0 aromatic carbocycles. The topological polar surface area (TPSA) is 46.5 Å². The molecule has 0 aliphatic heterocycles. The maximum atomic E-state index is 12.4. The van der Waals surface area contributed by atoms with Crippen LogP contribution in [0.15, 0.2) is 0 Å². The Labute approximate surface area is 192 Å². The van der Waals surface area contributed by atoms with Crippen LogP contribution < -0.4 is 0 Å². The predicted molar refractivity (Wildman–Crippen MR) is 129 cm³/mol. The second-order valence-electron chi connectivity index (χ2n) is 13.9. The molecule has 9 atom stereocenters. The summed E-state index contributed by atoms with van der Waals surface area (Å²) in [6.07, 6.45) is 9.18. The van der Waals surface area contributed by atoms with E-state index in [1.807, 2.05) is 0 Å². The molecule has 4 aliphatic carbocycles. The first kappa shape index (κ1) is 23.9. The lowest BCUT2D eigenvalue weighted by atomic mass is 9.44. The summed E-state index contributed by atoms with van der Waals surface area (Å²) in [6, 6.07) is 0. The lowest BCUT2D eigenvalue weighted by Gasteiger charge is -2.62. The van der Waals surface area contributed by atoms with Crippen LogP contribution in [-0.2, 0) is 9.22 Å². The molecule has 3 nitrogen and oxygen atoms in total. The van der Waals surface area contributed by atoms with Crippen molar-refractivity contribution in [1.29, 1.82) is 0 Å². The van der Waals surface area contributed by atoms with E-state index >= 15 is 0 Å². The molecule has 4 heteroatoms. The molecule has 4 saturated carbocycles. The summed E-state index contributed by atoms with van der Waals surface area (Å²) in [6.45, 7) is 18.5. The normalized spacial score (nSPS) is 48.0. The van der Waals surface area contributed by atoms with Crippen molar-refractivity contribution in [3.63, 3.8) is 0 Å². The zero-order chi connectivity index (χ0) is 23.0. The van der Waals surface area contributed by atoms with Crippen molar-refractivity contribution >= 4 is 14.1 Å². The first-order chi connectivity index (χ1) is 14.2. The number of hydrogen-bond acceptors (Lipinski definition) is 3. The van der Waals surface area contributed by atoms with Crippen molar-refractivity contribution < 1.29 is 14.3 Å². The average molecular weight is 449 g/mol. The van der Waals surface area contributed by atoms with Gasteiger partial charge >= 0.3 is 0 Å². The van der Waals surface area contributed by atoms with Gasteiger partial charge in [-0.3, -0.25) is 4.79 Å². The van der Waals surface area contributed by atoms with E-state index in [9.17, 15) is 9.90 Å². The minimum atomic E-state index is -1.77. The molecular formula is C27H48O3Si. The molecule has 0 saturated heterocycles. The number of carbonyl (C=O) groups excluding carboxylic acids is 1. The summed E-state index contributed by atoms with van der Waals surface area (Å²) in [5.41, 5.74) is 0.437. The zero-order valence-corrected chi connectivity index (χ0v) is 22.5. The third kappa shape index (κ3) is 3.71. The van der Waals surface area contributed by atoms with E-state index in [2.05, 4.69) is 47.7 Å². The molecule has 0 aromatic rings. The standard InChI is InChI=1S/C27H48O3Si/c1-17(28)20-9-10-21-24-22(12-14-27(20,21)6)26(5)13-11-19(15-18(26)16-23(24)29)30-31(7,8)25(2,3)4/h18-24,29H,9-16H2,1-8H3/t18-,19-,20?,21?,22?,23-,24?,26+,27-/m1/s1. The Morgan fingerprint density at radius 1 is 0.968 bits per heavy atom. The first-order valence-electron chi connectivity index (χ1n) is 13.1. The van der Waals surface area contributed by atoms with Crippen molar-refractivity contribution in [2.75, 3.05) is 0 Å². The second-order valence-corrected chi connectivity index (χ2v) is 18.6. The van der Waals surface area contributed by atoms with E-state index in [0.29, 0.717) is 41.0 Å². The van der Waals surface area contributed by atoms with Gasteiger partial charge in [-0.2, -0.15) is 0 Å². The molecule has 4 aliphatic rings. The van der Waals surface area contributed by atoms with E-state index in [-0.39, 0.29) is 22.5 Å². The van der Waals surface area contributed by atoms with Crippen LogP contribution in [0, 0.1) is 40.4 Å². The lowest BCUT2D eigenvalue weighted by molar-refractivity contribution is -0.172. The summed E-state index contributed by atoms with van der Waals surface area (Å²) in [5, 5.41) is 11.7. The largest absolute Gasteiger partial charge is 0.414 e. The predicted octanol–water partition coefficient (Wildman–Crippen LogP) is 6.60. The lowest BCUT2D eigenvalue weighted by Crippen LogP contribution is -2.59. The van der Waals surface area contributed by atoms with Crippen molar-refractivity contribution in [3.8, 4) is 0 Å². The highest BCUT2D eigenvalue weighted by molar-refractivity contribution is 6.74. The smallest absolute Gasteiger partial charge is 0.192 e. The summed E-state index contributed by atoms with van der Waals surface area (Å²) in [4.78, 5) is 12.4. The number of rotatable bonds is 3. The third-order valence-corrected chi connectivity index (χ3v) is 15.9. The Morgan fingerprint density at radius 3 is 2.19 bits per heavy atom. The molecule has 0 radical (unpaired) electrons. The van der Waals surface area contributed by atoms with E-state index in [1.54, 1.807) is 6.92 Å². The molecular weight excluding hydrogens is 400 g/mol. The minimum Gasteiger partial charge on any atom is -0.414 e. The highest BCUT2D eigenvalue weighted by Gasteiger charge is 2.63. The van der Waals surface area contributed by atoms with Crippen LogP contribution in [-0.4, -0.2) is 31.4 Å². The molecule has 31 heavy (non-hydrogen) atoms. The van der Waals surface area contributed by atoms with Crippen molar-refractivity contribution in [3.05, 3.63) is 0 Å². The van der Waals surface area contributed by atoms with E-state index < -0.39 is 8.32 Å². The molecule has 178 valence electrons. The molecule has 4 fully saturated rings. The summed E-state index contributed by atoms with van der Waals surface area (Å²) < 4.78 is 6.85. The molecule has 0 heterocycles. The fraction of sp³-hybridized carbons (Fsp3) is 0.963. The SMILES string of the molecule is CC(=O)C1CCC2C3C(CC[C@]12C)[C@@]1(C)CC[C@@H](O[Si](C)(C)C(C)(C)C)C[C@@H]1C[C@H]3O. The monoisotopic (exact) mass is 448 g/mol. The van der Waals surface area contributed by atoms with Crippen LogP contribution in [0.5, 0.6) is 0 Å². The zero-order valence-electron chi connectivity index (χ0n) is 21.5. The summed E-state index contributed by atoms with van der Waals surface area (Å²) in [5.74, 6) is 2.68. The van der Waals surface area contributed by atoms with Gasteiger partial charge in [0.05, 0.1) is 6.10 Å². The molecule has 4 unspecified atom stereocenters. The van der Waals surface area contributed by atoms with Gasteiger partial charge in [0.15, 0.2) is 8.32 Å². The number of hydrogen-bond donors (Lipinski definition) is 1. The van der Waals surface area contributed by atoms with Crippen molar-refractivity contribution in [2.24, 2.45) is 40.4 Å². The van der Waals surface area contributed by atoms with Crippen molar-refractivity contribution in [1.82, 2.24) is 0 Å². The molecule has 1 N–H and O–H groups in total. The van der Waals surface area contributed by atoms with Gasteiger partial charge in [-0.15, -0.1) is 0 Å². The number of ketones is 1. The Kier molecular flexibility index (Phi) is 5.92. The van der Waals surface area contributed by atoms with Crippen LogP contribution in [0.1, 0.15) is 92.9 Å². The quantitative estimate of drug-likeness (QED) is 0.495. The maximum Gasteiger partial charge on any atom is 0.192 e. The van der Waals surface area contributed by atoms with Crippen LogP contribution >= 0.6 is 0 Å². The van der Waals surface area contributed by atoms with E-state index in [4.69, 9.17) is 4.43 Å². The van der Waals surface area contributed by atoms with Gasteiger partial charge in [0, 0.05) is 12.0 Å². The summed E-state index contributed by atoms with van der Waals surface area (Å²) in [7, 11) is -1.77. The Morgan fingerprint density at radius 2 is 1.58 bits per heavy atom. The highest BCUT2D eigenvalue weighted by atomic mass is 28.4. The number of fused-ring (bicyclic) bond motifs is 5. The summed E-state index contributed by atoms with van der Waals surface area (Å²) >= 11 is 0. The molecule has 0 bridgehead atoms. The molecule has 4 rings (SSSR count). The average Bonchev–Trinajstić information content (AvgIpc) is 2.99. The van der Waals surface area contributed by atoms with Gasteiger partial charge in [0.1, 0.15) is 5.78 Å². The fourth-order valence-corrected chi connectivity index (χ4v) is 9.95. The maximum absolute atomic E-state index is 12.4. The third-order valence-electron chi connectivity index (χ3n) is 11.4. The van der Waals surface area contributed by atoms with Gasteiger partial charge in [0.25, 0.3) is 0 Å². The second kappa shape index (κ2) is 7.66. The number of Topliss-reactive ketones (excluding diaryl/α,β-unsaturated/α-hetero) is 1. The van der Waals surface area contributed by atoms with Gasteiger partial charge in [-0.1, -0.05) is 34.6 Å². The Hall–Kier alpha value is -0.193. The highest BCUT2D eigenvalue weighted by Crippen LogP contribution is 2.67. The molecule has 0 amide bonds. The molecule has 0 spiro atoms.